The summed E-state index contributed by atoms with van der Waals surface area (Å²) in [5.74, 6) is -0.0785. The van der Waals surface area contributed by atoms with Gasteiger partial charge in [-0.15, -0.1) is 0 Å². The number of anilines is 1. The molecule has 1 saturated heterocycles. The van der Waals surface area contributed by atoms with Crippen LogP contribution in [-0.4, -0.2) is 23.1 Å². The third-order valence-corrected chi connectivity index (χ3v) is 3.32. The molecule has 1 aromatic heterocycles. The summed E-state index contributed by atoms with van der Waals surface area (Å²) in [4.78, 5) is 8.69. The molecule has 2 rings (SSSR count). The van der Waals surface area contributed by atoms with E-state index in [9.17, 15) is 13.2 Å². The Bertz CT molecular complexity index is 454. The molecule has 1 fully saturated rings. The van der Waals surface area contributed by atoms with Crippen molar-refractivity contribution in [2.75, 3.05) is 18.0 Å². The van der Waals surface area contributed by atoms with Gasteiger partial charge in [0, 0.05) is 19.2 Å². The molecule has 0 aliphatic carbocycles. The average Bonchev–Trinajstić information content (AvgIpc) is 2.25. The first-order chi connectivity index (χ1) is 8.75. The predicted molar refractivity (Wildman–Crippen MR) is 67.2 cm³/mol. The zero-order valence-electron chi connectivity index (χ0n) is 10.7. The molecular weight excluding hydrogens is 279 g/mol. The molecule has 0 bridgehead atoms. The van der Waals surface area contributed by atoms with Gasteiger partial charge in [0.05, 0.1) is 0 Å². The molecule has 1 aliphatic rings. The van der Waals surface area contributed by atoms with E-state index in [0.29, 0.717) is 24.9 Å². The molecular formula is C12H15ClF3N3. The van der Waals surface area contributed by atoms with Crippen molar-refractivity contribution < 1.29 is 13.2 Å². The van der Waals surface area contributed by atoms with Crippen molar-refractivity contribution in [3.05, 3.63) is 17.0 Å². The molecule has 2 atom stereocenters. The van der Waals surface area contributed by atoms with Gasteiger partial charge in [0.2, 0.25) is 5.82 Å². The molecule has 0 radical (unpaired) electrons. The Morgan fingerprint density at radius 2 is 1.79 bits per heavy atom. The summed E-state index contributed by atoms with van der Waals surface area (Å²) in [5.41, 5.74) is 0. The molecule has 1 aromatic rings. The molecule has 2 unspecified atom stereocenters. The minimum absolute atomic E-state index is 0.178. The van der Waals surface area contributed by atoms with E-state index >= 15 is 0 Å². The Morgan fingerprint density at radius 1 is 1.21 bits per heavy atom. The van der Waals surface area contributed by atoms with Crippen molar-refractivity contribution in [3.63, 3.8) is 0 Å². The summed E-state index contributed by atoms with van der Waals surface area (Å²) in [6, 6.07) is 1.39. The van der Waals surface area contributed by atoms with E-state index < -0.39 is 12.0 Å². The number of rotatable bonds is 1. The van der Waals surface area contributed by atoms with E-state index in [0.717, 1.165) is 6.42 Å². The van der Waals surface area contributed by atoms with Gasteiger partial charge < -0.3 is 4.90 Å². The number of halogens is 4. The molecule has 0 aromatic carbocycles. The lowest BCUT2D eigenvalue weighted by molar-refractivity contribution is -0.144. The summed E-state index contributed by atoms with van der Waals surface area (Å²) >= 11 is 5.67. The maximum atomic E-state index is 12.7. The highest BCUT2D eigenvalue weighted by Crippen LogP contribution is 2.31. The summed E-state index contributed by atoms with van der Waals surface area (Å²) in [7, 11) is 0. The molecule has 0 amide bonds. The van der Waals surface area contributed by atoms with E-state index in [-0.39, 0.29) is 11.0 Å². The average molecular weight is 294 g/mol. The summed E-state index contributed by atoms with van der Waals surface area (Å²) in [6.45, 7) is 5.54. The van der Waals surface area contributed by atoms with E-state index in [2.05, 4.69) is 23.8 Å². The fraction of sp³-hybridized carbons (Fsp3) is 0.667. The summed E-state index contributed by atoms with van der Waals surface area (Å²) < 4.78 is 38.0. The van der Waals surface area contributed by atoms with E-state index in [1.165, 1.54) is 6.07 Å². The second-order valence-corrected chi connectivity index (χ2v) is 5.61. The molecule has 1 aliphatic heterocycles. The van der Waals surface area contributed by atoms with Crippen LogP contribution in [0.3, 0.4) is 0 Å². The first-order valence-corrected chi connectivity index (χ1v) is 6.50. The molecule has 0 saturated carbocycles. The SMILES string of the molecule is CC1CC(C)CN(c2cc(Cl)nc(C(F)(F)F)n2)C1. The van der Waals surface area contributed by atoms with Crippen molar-refractivity contribution >= 4 is 17.4 Å². The number of nitrogens with zero attached hydrogens (tertiary/aromatic N) is 3. The zero-order valence-corrected chi connectivity index (χ0v) is 11.5. The van der Waals surface area contributed by atoms with Gasteiger partial charge in [0.25, 0.3) is 0 Å². The number of alkyl halides is 3. The van der Waals surface area contributed by atoms with Crippen LogP contribution in [0.1, 0.15) is 26.1 Å². The minimum Gasteiger partial charge on any atom is -0.356 e. The van der Waals surface area contributed by atoms with Gasteiger partial charge in [-0.25, -0.2) is 9.97 Å². The van der Waals surface area contributed by atoms with E-state index in [1.54, 1.807) is 0 Å². The zero-order chi connectivity index (χ0) is 14.2. The van der Waals surface area contributed by atoms with Gasteiger partial charge in [0.1, 0.15) is 11.0 Å². The standard InChI is InChI=1S/C12H15ClF3N3/c1-7-3-8(2)6-19(5-7)10-4-9(13)17-11(18-10)12(14,15)16/h4,7-8H,3,5-6H2,1-2H3. The second-order valence-electron chi connectivity index (χ2n) is 5.22. The van der Waals surface area contributed by atoms with Crippen molar-refractivity contribution in [1.82, 2.24) is 9.97 Å². The minimum atomic E-state index is -4.58. The van der Waals surface area contributed by atoms with Gasteiger partial charge in [-0.2, -0.15) is 13.2 Å². The van der Waals surface area contributed by atoms with Gasteiger partial charge in [0.15, 0.2) is 0 Å². The molecule has 7 heteroatoms. The largest absolute Gasteiger partial charge is 0.451 e. The molecule has 0 N–H and O–H groups in total. The lowest BCUT2D eigenvalue weighted by Crippen LogP contribution is -2.39. The predicted octanol–water partition coefficient (Wildman–Crippen LogP) is 3.63. The molecule has 2 heterocycles. The van der Waals surface area contributed by atoms with Crippen LogP contribution in [0.2, 0.25) is 5.15 Å². The highest BCUT2D eigenvalue weighted by Gasteiger charge is 2.36. The quantitative estimate of drug-likeness (QED) is 0.740. The van der Waals surface area contributed by atoms with Gasteiger partial charge in [-0.05, 0) is 18.3 Å². The van der Waals surface area contributed by atoms with E-state index in [4.69, 9.17) is 11.6 Å². The third-order valence-electron chi connectivity index (χ3n) is 3.13. The Morgan fingerprint density at radius 3 is 2.32 bits per heavy atom. The maximum Gasteiger partial charge on any atom is 0.451 e. The normalized spacial score (nSPS) is 24.6. The highest BCUT2D eigenvalue weighted by molar-refractivity contribution is 6.29. The first kappa shape index (κ1) is 14.4. The van der Waals surface area contributed by atoms with Crippen molar-refractivity contribution in [3.8, 4) is 0 Å². The van der Waals surface area contributed by atoms with Crippen LogP contribution in [0, 0.1) is 11.8 Å². The van der Waals surface area contributed by atoms with Gasteiger partial charge in [-0.3, -0.25) is 0 Å². The van der Waals surface area contributed by atoms with Crippen molar-refractivity contribution in [1.29, 1.82) is 0 Å². The first-order valence-electron chi connectivity index (χ1n) is 6.12. The number of aromatic nitrogens is 2. The second kappa shape index (κ2) is 5.15. The Balaban J connectivity index is 2.31. The number of hydrogen-bond acceptors (Lipinski definition) is 3. The van der Waals surface area contributed by atoms with Crippen molar-refractivity contribution in [2.24, 2.45) is 11.8 Å². The Kier molecular flexibility index (Phi) is 3.90. The third kappa shape index (κ3) is 3.49. The maximum absolute atomic E-state index is 12.7. The number of hydrogen-bond donors (Lipinski definition) is 0. The van der Waals surface area contributed by atoms with Gasteiger partial charge >= 0.3 is 6.18 Å². The highest BCUT2D eigenvalue weighted by atomic mass is 35.5. The van der Waals surface area contributed by atoms with Crippen LogP contribution in [0.25, 0.3) is 0 Å². The monoisotopic (exact) mass is 293 g/mol. The molecule has 3 nitrogen and oxygen atoms in total. The van der Waals surface area contributed by atoms with Crippen LogP contribution in [-0.2, 0) is 6.18 Å². The van der Waals surface area contributed by atoms with Crippen LogP contribution < -0.4 is 4.90 Å². The Labute approximate surface area is 114 Å². The van der Waals surface area contributed by atoms with Crippen LogP contribution in [0.15, 0.2) is 6.07 Å². The smallest absolute Gasteiger partial charge is 0.356 e. The molecule has 0 spiro atoms. The van der Waals surface area contributed by atoms with Crippen LogP contribution in [0.4, 0.5) is 19.0 Å². The molecule has 19 heavy (non-hydrogen) atoms. The topological polar surface area (TPSA) is 29.0 Å². The summed E-state index contributed by atoms with van der Waals surface area (Å²) in [6.07, 6.45) is -3.51. The van der Waals surface area contributed by atoms with Crippen LogP contribution in [0.5, 0.6) is 0 Å². The lowest BCUT2D eigenvalue weighted by Gasteiger charge is -2.35. The fourth-order valence-corrected chi connectivity index (χ4v) is 2.72. The number of piperidine rings is 1. The van der Waals surface area contributed by atoms with Gasteiger partial charge in [-0.1, -0.05) is 25.4 Å². The van der Waals surface area contributed by atoms with E-state index in [1.807, 2.05) is 4.90 Å². The molecule has 106 valence electrons. The lowest BCUT2D eigenvalue weighted by atomic mass is 9.92. The Hall–Kier alpha value is -1.04. The fourth-order valence-electron chi connectivity index (χ4n) is 2.54. The van der Waals surface area contributed by atoms with Crippen LogP contribution >= 0.6 is 11.6 Å². The van der Waals surface area contributed by atoms with Crippen molar-refractivity contribution in [2.45, 2.75) is 26.4 Å². The summed E-state index contributed by atoms with van der Waals surface area (Å²) in [5, 5.41) is -0.178.